The van der Waals surface area contributed by atoms with Crippen LogP contribution in [0, 0.1) is 5.92 Å². The highest BCUT2D eigenvalue weighted by molar-refractivity contribution is 6.34. The molecule has 1 aromatic heterocycles. The Labute approximate surface area is 212 Å². The summed E-state index contributed by atoms with van der Waals surface area (Å²) in [6.45, 7) is 8.42. The third kappa shape index (κ3) is 4.81. The first-order valence-corrected chi connectivity index (χ1v) is 13.0. The highest BCUT2D eigenvalue weighted by Crippen LogP contribution is 2.41. The SMILES string of the molecule is C=C1NC(C)(c2cccc(NC(=O)c3cncc(C4CC4)c3)c2Cl)CC(=O)N1C1CCCC(C)C1. The Hall–Kier alpha value is -2.86. The Kier molecular flexibility index (Phi) is 6.34. The fourth-order valence-electron chi connectivity index (χ4n) is 5.66. The van der Waals surface area contributed by atoms with Crippen LogP contribution in [0.4, 0.5) is 5.69 Å². The molecule has 2 aromatic rings. The van der Waals surface area contributed by atoms with E-state index in [1.54, 1.807) is 12.3 Å². The van der Waals surface area contributed by atoms with Crippen LogP contribution in [0.5, 0.6) is 0 Å². The molecule has 5 rings (SSSR count). The van der Waals surface area contributed by atoms with E-state index in [1.807, 2.05) is 36.2 Å². The number of nitrogens with zero attached hydrogens (tertiary/aromatic N) is 2. The lowest BCUT2D eigenvalue weighted by molar-refractivity contribution is -0.137. The number of carbonyl (C=O) groups excluding carboxylic acids is 2. The van der Waals surface area contributed by atoms with Crippen molar-refractivity contribution in [1.82, 2.24) is 15.2 Å². The number of hydrogen-bond acceptors (Lipinski definition) is 4. The summed E-state index contributed by atoms with van der Waals surface area (Å²) in [5, 5.41) is 6.85. The van der Waals surface area contributed by atoms with E-state index in [0.29, 0.717) is 33.9 Å². The van der Waals surface area contributed by atoms with Crippen molar-refractivity contribution in [3.05, 3.63) is 70.8 Å². The average Bonchev–Trinajstić information content (AvgIpc) is 3.65. The Balaban J connectivity index is 1.35. The minimum atomic E-state index is -0.726. The summed E-state index contributed by atoms with van der Waals surface area (Å²) in [6, 6.07) is 7.63. The van der Waals surface area contributed by atoms with Crippen LogP contribution >= 0.6 is 11.6 Å². The fraction of sp³-hybridized carbons (Fsp3) is 0.464. The van der Waals surface area contributed by atoms with Gasteiger partial charge < -0.3 is 10.6 Å². The molecule has 2 heterocycles. The molecule has 3 fully saturated rings. The molecule has 3 aliphatic rings. The normalized spacial score (nSPS) is 26.9. The number of pyridine rings is 1. The van der Waals surface area contributed by atoms with Gasteiger partial charge in [-0.1, -0.05) is 50.1 Å². The van der Waals surface area contributed by atoms with Gasteiger partial charge in [0.15, 0.2) is 0 Å². The maximum absolute atomic E-state index is 13.4. The molecule has 1 saturated heterocycles. The Bertz CT molecular complexity index is 1160. The van der Waals surface area contributed by atoms with E-state index in [2.05, 4.69) is 29.1 Å². The number of carbonyl (C=O) groups is 2. The molecule has 0 spiro atoms. The standard InChI is InChI=1S/C28H33ClN4O2/c1-17-6-4-7-22(12-17)33-18(2)32-28(3,14-25(33)34)23-8-5-9-24(26(23)29)31-27(35)21-13-20(15-30-16-21)19-10-11-19/h5,8-9,13,15-17,19,22,32H,2,4,6-7,10-12,14H2,1,3H3,(H,31,35). The lowest BCUT2D eigenvalue weighted by atomic mass is 9.82. The van der Waals surface area contributed by atoms with Crippen molar-refractivity contribution in [2.75, 3.05) is 5.32 Å². The number of nitrogens with one attached hydrogen (secondary N) is 2. The molecule has 2 N–H and O–H groups in total. The van der Waals surface area contributed by atoms with Crippen LogP contribution < -0.4 is 10.6 Å². The van der Waals surface area contributed by atoms with Crippen molar-refractivity contribution < 1.29 is 9.59 Å². The summed E-state index contributed by atoms with van der Waals surface area (Å²) in [5.41, 5.74) is 2.16. The first-order valence-electron chi connectivity index (χ1n) is 12.6. The van der Waals surface area contributed by atoms with Gasteiger partial charge in [-0.05, 0) is 67.7 Å². The quantitative estimate of drug-likeness (QED) is 0.540. The van der Waals surface area contributed by atoms with Crippen molar-refractivity contribution in [2.24, 2.45) is 5.92 Å². The van der Waals surface area contributed by atoms with E-state index in [0.717, 1.165) is 43.2 Å². The predicted molar refractivity (Wildman–Crippen MR) is 138 cm³/mol. The van der Waals surface area contributed by atoms with Gasteiger partial charge >= 0.3 is 0 Å². The number of aromatic nitrogens is 1. The lowest BCUT2D eigenvalue weighted by Gasteiger charge is -2.47. The average molecular weight is 493 g/mol. The van der Waals surface area contributed by atoms with Crippen LogP contribution in [0.25, 0.3) is 0 Å². The molecule has 7 heteroatoms. The van der Waals surface area contributed by atoms with Crippen LogP contribution in [0.2, 0.25) is 5.02 Å². The zero-order valence-electron chi connectivity index (χ0n) is 20.4. The van der Waals surface area contributed by atoms with Gasteiger partial charge in [-0.3, -0.25) is 19.5 Å². The van der Waals surface area contributed by atoms with Gasteiger partial charge in [0.25, 0.3) is 5.91 Å². The van der Waals surface area contributed by atoms with Crippen molar-refractivity contribution in [3.63, 3.8) is 0 Å². The smallest absolute Gasteiger partial charge is 0.257 e. The van der Waals surface area contributed by atoms with Crippen molar-refractivity contribution in [3.8, 4) is 0 Å². The maximum Gasteiger partial charge on any atom is 0.257 e. The third-order valence-corrected chi connectivity index (χ3v) is 8.08. The monoisotopic (exact) mass is 492 g/mol. The lowest BCUT2D eigenvalue weighted by Crippen LogP contribution is -2.57. The van der Waals surface area contributed by atoms with E-state index in [9.17, 15) is 9.59 Å². The molecular formula is C28H33ClN4O2. The topological polar surface area (TPSA) is 74.3 Å². The Morgan fingerprint density at radius 2 is 2.06 bits per heavy atom. The van der Waals surface area contributed by atoms with Crippen LogP contribution in [-0.2, 0) is 10.3 Å². The first kappa shape index (κ1) is 23.9. The summed E-state index contributed by atoms with van der Waals surface area (Å²) in [4.78, 5) is 32.4. The second kappa shape index (κ2) is 9.30. The summed E-state index contributed by atoms with van der Waals surface area (Å²) >= 11 is 6.83. The van der Waals surface area contributed by atoms with Crippen molar-refractivity contribution >= 4 is 29.1 Å². The van der Waals surface area contributed by atoms with Gasteiger partial charge in [0.1, 0.15) is 5.82 Å². The molecule has 2 aliphatic carbocycles. The van der Waals surface area contributed by atoms with Gasteiger partial charge in [0.2, 0.25) is 5.91 Å². The number of amides is 2. The molecule has 6 nitrogen and oxygen atoms in total. The molecule has 1 aliphatic heterocycles. The Morgan fingerprint density at radius 3 is 2.77 bits per heavy atom. The van der Waals surface area contributed by atoms with E-state index in [-0.39, 0.29) is 24.3 Å². The van der Waals surface area contributed by atoms with Gasteiger partial charge in [-0.15, -0.1) is 0 Å². The van der Waals surface area contributed by atoms with Gasteiger partial charge in [0.05, 0.1) is 28.2 Å². The number of rotatable bonds is 5. The number of hydrogen-bond donors (Lipinski definition) is 2. The fourth-order valence-corrected chi connectivity index (χ4v) is 6.04. The zero-order valence-corrected chi connectivity index (χ0v) is 21.2. The second-order valence-electron chi connectivity index (χ2n) is 10.7. The molecule has 3 unspecified atom stereocenters. The van der Waals surface area contributed by atoms with Crippen molar-refractivity contribution in [2.45, 2.75) is 76.3 Å². The van der Waals surface area contributed by atoms with Gasteiger partial charge in [-0.25, -0.2) is 0 Å². The Morgan fingerprint density at radius 1 is 1.26 bits per heavy atom. The van der Waals surface area contributed by atoms with Crippen molar-refractivity contribution in [1.29, 1.82) is 0 Å². The highest BCUT2D eigenvalue weighted by Gasteiger charge is 2.42. The van der Waals surface area contributed by atoms with Crippen LogP contribution in [0.1, 0.15) is 86.2 Å². The minimum absolute atomic E-state index is 0.0591. The van der Waals surface area contributed by atoms with Crippen LogP contribution in [0.15, 0.2) is 49.1 Å². The predicted octanol–water partition coefficient (Wildman–Crippen LogP) is 5.95. The summed E-state index contributed by atoms with van der Waals surface area (Å²) in [6.07, 6.45) is 10.3. The maximum atomic E-state index is 13.4. The largest absolute Gasteiger partial charge is 0.362 e. The molecule has 184 valence electrons. The molecule has 1 aromatic carbocycles. The summed E-state index contributed by atoms with van der Waals surface area (Å²) in [5.74, 6) is 1.55. The molecule has 3 atom stereocenters. The molecular weight excluding hydrogens is 460 g/mol. The van der Waals surface area contributed by atoms with E-state index >= 15 is 0 Å². The van der Waals surface area contributed by atoms with Crippen LogP contribution in [0.3, 0.4) is 0 Å². The van der Waals surface area contributed by atoms with Crippen LogP contribution in [-0.4, -0.2) is 27.7 Å². The highest BCUT2D eigenvalue weighted by atomic mass is 35.5. The third-order valence-electron chi connectivity index (χ3n) is 7.67. The van der Waals surface area contributed by atoms with E-state index in [4.69, 9.17) is 11.6 Å². The molecule has 2 amide bonds. The second-order valence-corrected chi connectivity index (χ2v) is 11.1. The minimum Gasteiger partial charge on any atom is -0.362 e. The van der Waals surface area contributed by atoms with E-state index in [1.165, 1.54) is 6.42 Å². The molecule has 2 saturated carbocycles. The zero-order chi connectivity index (χ0) is 24.7. The molecule has 0 bridgehead atoms. The number of benzene rings is 1. The molecule has 35 heavy (non-hydrogen) atoms. The number of anilines is 1. The van der Waals surface area contributed by atoms with Gasteiger partial charge in [0, 0.05) is 18.4 Å². The van der Waals surface area contributed by atoms with E-state index < -0.39 is 5.54 Å². The first-order chi connectivity index (χ1) is 16.7. The molecule has 0 radical (unpaired) electrons. The summed E-state index contributed by atoms with van der Waals surface area (Å²) < 4.78 is 0. The number of halogens is 1. The summed E-state index contributed by atoms with van der Waals surface area (Å²) in [7, 11) is 0. The van der Waals surface area contributed by atoms with Gasteiger partial charge in [-0.2, -0.15) is 0 Å².